The van der Waals surface area contributed by atoms with Crippen molar-refractivity contribution in [2.45, 2.75) is 33.5 Å². The summed E-state index contributed by atoms with van der Waals surface area (Å²) < 4.78 is 13.2. The van der Waals surface area contributed by atoms with Crippen LogP contribution in [0.2, 0.25) is 0 Å². The average molecular weight is 405 g/mol. The van der Waals surface area contributed by atoms with E-state index in [1.54, 1.807) is 19.4 Å². The van der Waals surface area contributed by atoms with Crippen molar-refractivity contribution >= 4 is 12.0 Å². The fraction of sp³-hybridized carbons (Fsp3) is 0.250. The van der Waals surface area contributed by atoms with E-state index in [2.05, 4.69) is 10.4 Å². The standard InChI is InChI=1S/C24H27N3O3/c1-4-27-16-20(15-26-27)14-25-24(28)12-10-19-9-11-23(29-3)21(13-19)17-30-22-8-6-5-7-18(22)2/h5-13,15-16H,4,14,17H2,1-3H3,(H,25,28)/b12-10+. The lowest BCUT2D eigenvalue weighted by Gasteiger charge is -2.12. The van der Waals surface area contributed by atoms with Crippen LogP contribution >= 0.6 is 0 Å². The number of ether oxygens (including phenoxy) is 2. The Hall–Kier alpha value is -3.54. The lowest BCUT2D eigenvalue weighted by Crippen LogP contribution is -2.19. The summed E-state index contributed by atoms with van der Waals surface area (Å²) in [6, 6.07) is 13.6. The van der Waals surface area contributed by atoms with Gasteiger partial charge in [0.1, 0.15) is 18.1 Å². The lowest BCUT2D eigenvalue weighted by molar-refractivity contribution is -0.116. The van der Waals surface area contributed by atoms with Gasteiger partial charge in [0.25, 0.3) is 0 Å². The van der Waals surface area contributed by atoms with E-state index in [0.717, 1.165) is 40.3 Å². The lowest BCUT2D eigenvalue weighted by atomic mass is 10.1. The number of aromatic nitrogens is 2. The Balaban J connectivity index is 1.61. The Morgan fingerprint density at radius 1 is 1.20 bits per heavy atom. The smallest absolute Gasteiger partial charge is 0.244 e. The molecule has 6 heteroatoms. The summed E-state index contributed by atoms with van der Waals surface area (Å²) in [6.45, 7) is 5.66. The van der Waals surface area contributed by atoms with E-state index >= 15 is 0 Å². The van der Waals surface area contributed by atoms with Crippen LogP contribution in [0, 0.1) is 6.92 Å². The van der Waals surface area contributed by atoms with E-state index in [4.69, 9.17) is 9.47 Å². The highest BCUT2D eigenvalue weighted by Crippen LogP contribution is 2.24. The van der Waals surface area contributed by atoms with Crippen molar-refractivity contribution in [3.63, 3.8) is 0 Å². The molecule has 3 rings (SSSR count). The van der Waals surface area contributed by atoms with Gasteiger partial charge in [-0.05, 0) is 49.2 Å². The summed E-state index contributed by atoms with van der Waals surface area (Å²) in [6.07, 6.45) is 6.99. The van der Waals surface area contributed by atoms with Crippen LogP contribution in [0.25, 0.3) is 6.08 Å². The van der Waals surface area contributed by atoms with Gasteiger partial charge in [-0.25, -0.2) is 0 Å². The number of para-hydroxylation sites is 1. The molecule has 1 amide bonds. The molecule has 30 heavy (non-hydrogen) atoms. The Bertz CT molecular complexity index is 1020. The number of hydrogen-bond acceptors (Lipinski definition) is 4. The van der Waals surface area contributed by atoms with E-state index < -0.39 is 0 Å². The van der Waals surface area contributed by atoms with Gasteiger partial charge in [0.15, 0.2) is 0 Å². The number of methoxy groups -OCH3 is 1. The van der Waals surface area contributed by atoms with Crippen molar-refractivity contribution in [1.29, 1.82) is 0 Å². The maximum atomic E-state index is 12.1. The van der Waals surface area contributed by atoms with Gasteiger partial charge in [-0.3, -0.25) is 9.48 Å². The minimum absolute atomic E-state index is 0.159. The normalized spacial score (nSPS) is 10.9. The summed E-state index contributed by atoms with van der Waals surface area (Å²) in [5.74, 6) is 1.43. The molecule has 0 radical (unpaired) electrons. The zero-order valence-electron chi connectivity index (χ0n) is 17.6. The highest BCUT2D eigenvalue weighted by molar-refractivity contribution is 5.91. The Morgan fingerprint density at radius 3 is 2.77 bits per heavy atom. The summed E-state index contributed by atoms with van der Waals surface area (Å²) >= 11 is 0. The largest absolute Gasteiger partial charge is 0.496 e. The number of nitrogens with one attached hydrogen (secondary N) is 1. The zero-order valence-corrected chi connectivity index (χ0v) is 17.6. The molecule has 0 aliphatic carbocycles. The van der Waals surface area contributed by atoms with E-state index in [-0.39, 0.29) is 5.91 Å². The number of benzene rings is 2. The zero-order chi connectivity index (χ0) is 21.3. The molecular formula is C24H27N3O3. The average Bonchev–Trinajstić information content (AvgIpc) is 3.24. The first kappa shape index (κ1) is 21.2. The predicted molar refractivity (Wildman–Crippen MR) is 117 cm³/mol. The van der Waals surface area contributed by atoms with Crippen LogP contribution in [0.1, 0.15) is 29.2 Å². The van der Waals surface area contributed by atoms with Gasteiger partial charge in [-0.15, -0.1) is 0 Å². The molecule has 0 unspecified atom stereocenters. The third-order valence-corrected chi connectivity index (χ3v) is 4.69. The molecule has 156 valence electrons. The fourth-order valence-corrected chi connectivity index (χ4v) is 2.98. The molecule has 6 nitrogen and oxygen atoms in total. The molecule has 0 saturated carbocycles. The molecule has 0 fully saturated rings. The molecule has 3 aromatic rings. The van der Waals surface area contributed by atoms with E-state index in [1.165, 1.54) is 6.08 Å². The predicted octanol–water partition coefficient (Wildman–Crippen LogP) is 4.13. The number of carbonyl (C=O) groups is 1. The van der Waals surface area contributed by atoms with E-state index in [9.17, 15) is 4.79 Å². The van der Waals surface area contributed by atoms with Crippen LogP contribution in [0.4, 0.5) is 0 Å². The molecule has 0 aliphatic heterocycles. The van der Waals surface area contributed by atoms with Crippen LogP contribution in [-0.4, -0.2) is 22.8 Å². The second-order valence-electron chi connectivity index (χ2n) is 6.88. The van der Waals surface area contributed by atoms with Gasteiger partial charge in [-0.2, -0.15) is 5.10 Å². The molecule has 0 spiro atoms. The highest BCUT2D eigenvalue weighted by atomic mass is 16.5. The minimum atomic E-state index is -0.159. The first-order valence-electron chi connectivity index (χ1n) is 9.91. The Labute approximate surface area is 177 Å². The highest BCUT2D eigenvalue weighted by Gasteiger charge is 2.07. The van der Waals surface area contributed by atoms with Crippen LogP contribution in [-0.2, 0) is 24.5 Å². The topological polar surface area (TPSA) is 65.4 Å². The van der Waals surface area contributed by atoms with Gasteiger partial charge in [0, 0.05) is 36.5 Å². The monoisotopic (exact) mass is 405 g/mol. The quantitative estimate of drug-likeness (QED) is 0.544. The summed E-state index contributed by atoms with van der Waals surface area (Å²) in [7, 11) is 1.64. The first-order chi connectivity index (χ1) is 14.6. The Morgan fingerprint density at radius 2 is 2.03 bits per heavy atom. The number of nitrogens with zero attached hydrogens (tertiary/aromatic N) is 2. The molecule has 1 N–H and O–H groups in total. The van der Waals surface area contributed by atoms with Gasteiger partial charge in [0.05, 0.1) is 13.3 Å². The summed E-state index contributed by atoms with van der Waals surface area (Å²) in [5.41, 5.74) is 3.86. The number of aryl methyl sites for hydroxylation is 2. The molecule has 1 heterocycles. The van der Waals surface area contributed by atoms with Crippen LogP contribution < -0.4 is 14.8 Å². The molecule has 0 bridgehead atoms. The fourth-order valence-electron chi connectivity index (χ4n) is 2.98. The van der Waals surface area contributed by atoms with Crippen molar-refractivity contribution in [3.8, 4) is 11.5 Å². The van der Waals surface area contributed by atoms with Crippen LogP contribution in [0.15, 0.2) is 60.9 Å². The third-order valence-electron chi connectivity index (χ3n) is 4.69. The Kier molecular flexibility index (Phi) is 7.27. The molecule has 2 aromatic carbocycles. The summed E-state index contributed by atoms with van der Waals surface area (Å²) in [5, 5.41) is 7.07. The van der Waals surface area contributed by atoms with Gasteiger partial charge in [-0.1, -0.05) is 24.3 Å². The SMILES string of the molecule is CCn1cc(CNC(=O)/C=C/c2ccc(OC)c(COc3ccccc3C)c2)cn1. The minimum Gasteiger partial charge on any atom is -0.496 e. The first-order valence-corrected chi connectivity index (χ1v) is 9.91. The van der Waals surface area contributed by atoms with Crippen LogP contribution in [0.3, 0.4) is 0 Å². The van der Waals surface area contributed by atoms with E-state index in [1.807, 2.05) is 67.2 Å². The van der Waals surface area contributed by atoms with Crippen molar-refractivity contribution in [2.75, 3.05) is 7.11 Å². The summed E-state index contributed by atoms with van der Waals surface area (Å²) in [4.78, 5) is 12.1. The maximum absolute atomic E-state index is 12.1. The second-order valence-corrected chi connectivity index (χ2v) is 6.88. The van der Waals surface area contributed by atoms with Gasteiger partial charge >= 0.3 is 0 Å². The number of rotatable bonds is 9. The molecular weight excluding hydrogens is 378 g/mol. The molecule has 1 aromatic heterocycles. The number of carbonyl (C=O) groups excluding carboxylic acids is 1. The maximum Gasteiger partial charge on any atom is 0.244 e. The van der Waals surface area contributed by atoms with Gasteiger partial charge in [0.2, 0.25) is 5.91 Å². The van der Waals surface area contributed by atoms with Crippen molar-refractivity contribution < 1.29 is 14.3 Å². The number of hydrogen-bond donors (Lipinski definition) is 1. The molecule has 0 saturated heterocycles. The molecule has 0 aliphatic rings. The molecule has 0 atom stereocenters. The van der Waals surface area contributed by atoms with Crippen molar-refractivity contribution in [2.24, 2.45) is 0 Å². The van der Waals surface area contributed by atoms with Crippen molar-refractivity contribution in [3.05, 3.63) is 83.2 Å². The van der Waals surface area contributed by atoms with Crippen molar-refractivity contribution in [1.82, 2.24) is 15.1 Å². The third kappa shape index (κ3) is 5.73. The van der Waals surface area contributed by atoms with E-state index in [0.29, 0.717) is 13.2 Å². The second kappa shape index (κ2) is 10.3. The van der Waals surface area contributed by atoms with Crippen LogP contribution in [0.5, 0.6) is 11.5 Å². The number of amides is 1. The van der Waals surface area contributed by atoms with Gasteiger partial charge < -0.3 is 14.8 Å².